The summed E-state index contributed by atoms with van der Waals surface area (Å²) in [5, 5.41) is 0. The molecule has 0 aliphatic carbocycles. The fraction of sp³-hybridized carbons (Fsp3) is 0.429. The quantitative estimate of drug-likeness (QED) is 0.853. The van der Waals surface area contributed by atoms with Gasteiger partial charge in [-0.1, -0.05) is 0 Å². The van der Waals surface area contributed by atoms with Crippen molar-refractivity contribution in [2.45, 2.75) is 30.1 Å². The highest BCUT2D eigenvalue weighted by molar-refractivity contribution is 7.91. The van der Waals surface area contributed by atoms with E-state index in [4.69, 9.17) is 4.74 Å². The molecule has 3 heterocycles. The predicted molar refractivity (Wildman–Crippen MR) is 83.5 cm³/mol. The van der Waals surface area contributed by atoms with E-state index in [0.29, 0.717) is 23.3 Å². The van der Waals surface area contributed by atoms with Gasteiger partial charge in [0.1, 0.15) is 10.3 Å². The van der Waals surface area contributed by atoms with Gasteiger partial charge >= 0.3 is 6.01 Å². The van der Waals surface area contributed by atoms with Gasteiger partial charge in [0.25, 0.3) is 10.0 Å². The Bertz CT molecular complexity index is 731. The van der Waals surface area contributed by atoms with Crippen molar-refractivity contribution in [2.24, 2.45) is 0 Å². The summed E-state index contributed by atoms with van der Waals surface area (Å²) in [5.74, 6) is 0. The second-order valence-corrected chi connectivity index (χ2v) is 8.59. The Morgan fingerprint density at radius 1 is 1.32 bits per heavy atom. The molecule has 0 spiro atoms. The van der Waals surface area contributed by atoms with Gasteiger partial charge in [0.15, 0.2) is 0 Å². The van der Waals surface area contributed by atoms with Gasteiger partial charge in [-0.15, -0.1) is 11.3 Å². The third-order valence-corrected chi connectivity index (χ3v) is 6.80. The number of aryl methyl sites for hydroxylation is 1. The lowest BCUT2D eigenvalue weighted by atomic mass is 10.1. The summed E-state index contributed by atoms with van der Waals surface area (Å²) in [5.41, 5.74) is 0. The molecule has 1 aliphatic rings. The number of sulfonamides is 1. The van der Waals surface area contributed by atoms with Crippen LogP contribution in [0.5, 0.6) is 6.01 Å². The number of nitrogens with zero attached hydrogens (tertiary/aromatic N) is 3. The average Bonchev–Trinajstić information content (AvgIpc) is 2.96. The molecule has 2 aromatic heterocycles. The Morgan fingerprint density at radius 3 is 2.77 bits per heavy atom. The molecule has 0 unspecified atom stereocenters. The largest absolute Gasteiger partial charge is 0.459 e. The maximum absolute atomic E-state index is 12.6. The van der Waals surface area contributed by atoms with E-state index < -0.39 is 10.0 Å². The van der Waals surface area contributed by atoms with Gasteiger partial charge in [0.05, 0.1) is 6.54 Å². The van der Waals surface area contributed by atoms with Crippen molar-refractivity contribution in [3.8, 4) is 6.01 Å². The number of ether oxygens (including phenoxy) is 1. The van der Waals surface area contributed by atoms with Crippen LogP contribution in [0.15, 0.2) is 34.8 Å². The second kappa shape index (κ2) is 6.31. The molecule has 2 aromatic rings. The fourth-order valence-electron chi connectivity index (χ4n) is 2.39. The highest BCUT2D eigenvalue weighted by Gasteiger charge is 2.32. The Labute approximate surface area is 133 Å². The molecule has 0 N–H and O–H groups in total. The highest BCUT2D eigenvalue weighted by atomic mass is 32.2. The monoisotopic (exact) mass is 339 g/mol. The number of rotatable bonds is 4. The maximum Gasteiger partial charge on any atom is 0.316 e. The standard InChI is InChI=1S/C14H17N3O3S2/c1-11-5-6-13(21-11)22(18,19)17-9-2-4-12(10-17)20-14-15-7-3-8-16-14/h3,5-8,12H,2,4,9-10H2,1H3/t12-/m1/s1. The first-order valence-electron chi connectivity index (χ1n) is 7.06. The van der Waals surface area contributed by atoms with Gasteiger partial charge in [0.2, 0.25) is 0 Å². The van der Waals surface area contributed by atoms with Crippen molar-refractivity contribution in [3.05, 3.63) is 35.5 Å². The van der Waals surface area contributed by atoms with Crippen molar-refractivity contribution in [2.75, 3.05) is 13.1 Å². The molecule has 0 bridgehead atoms. The molecule has 0 saturated carbocycles. The number of hydrogen-bond acceptors (Lipinski definition) is 6. The van der Waals surface area contributed by atoms with Crippen molar-refractivity contribution >= 4 is 21.4 Å². The fourth-order valence-corrected chi connectivity index (χ4v) is 5.34. The Morgan fingerprint density at radius 2 is 2.09 bits per heavy atom. The van der Waals surface area contributed by atoms with Gasteiger partial charge in [-0.2, -0.15) is 4.31 Å². The summed E-state index contributed by atoms with van der Waals surface area (Å²) in [6.45, 7) is 2.75. The Kier molecular flexibility index (Phi) is 4.42. The highest BCUT2D eigenvalue weighted by Crippen LogP contribution is 2.27. The summed E-state index contributed by atoms with van der Waals surface area (Å²) in [7, 11) is -3.44. The smallest absolute Gasteiger partial charge is 0.316 e. The molecule has 118 valence electrons. The lowest BCUT2D eigenvalue weighted by Gasteiger charge is -2.31. The van der Waals surface area contributed by atoms with E-state index in [9.17, 15) is 8.42 Å². The molecule has 3 rings (SSSR count). The van der Waals surface area contributed by atoms with Crippen LogP contribution < -0.4 is 4.74 Å². The third-order valence-electron chi connectivity index (χ3n) is 3.46. The van der Waals surface area contributed by atoms with Crippen LogP contribution in [0.4, 0.5) is 0 Å². The van der Waals surface area contributed by atoms with Crippen LogP contribution in [0.1, 0.15) is 17.7 Å². The summed E-state index contributed by atoms with van der Waals surface area (Å²) < 4.78 is 32.9. The molecule has 1 saturated heterocycles. The van der Waals surface area contributed by atoms with Crippen LogP contribution in [-0.4, -0.2) is 41.9 Å². The number of thiophene rings is 1. The predicted octanol–water partition coefficient (Wildman–Crippen LogP) is 2.08. The van der Waals surface area contributed by atoms with E-state index in [2.05, 4.69) is 9.97 Å². The van der Waals surface area contributed by atoms with Gasteiger partial charge in [-0.3, -0.25) is 0 Å². The van der Waals surface area contributed by atoms with Crippen LogP contribution in [0, 0.1) is 6.92 Å². The Balaban J connectivity index is 1.73. The molecule has 6 nitrogen and oxygen atoms in total. The summed E-state index contributed by atoms with van der Waals surface area (Å²) in [6.07, 6.45) is 4.56. The molecule has 1 atom stereocenters. The summed E-state index contributed by atoms with van der Waals surface area (Å²) in [6, 6.07) is 5.50. The van der Waals surface area contributed by atoms with E-state index in [0.717, 1.165) is 17.7 Å². The normalized spacial score (nSPS) is 20.0. The van der Waals surface area contributed by atoms with Gasteiger partial charge < -0.3 is 4.74 Å². The minimum atomic E-state index is -3.44. The molecule has 22 heavy (non-hydrogen) atoms. The van der Waals surface area contributed by atoms with Crippen LogP contribution in [0.3, 0.4) is 0 Å². The van der Waals surface area contributed by atoms with E-state index >= 15 is 0 Å². The number of aromatic nitrogens is 2. The lowest BCUT2D eigenvalue weighted by Crippen LogP contribution is -2.44. The van der Waals surface area contributed by atoms with Crippen molar-refractivity contribution in [3.63, 3.8) is 0 Å². The van der Waals surface area contributed by atoms with Crippen LogP contribution in [-0.2, 0) is 10.0 Å². The lowest BCUT2D eigenvalue weighted by molar-refractivity contribution is 0.119. The topological polar surface area (TPSA) is 72.4 Å². The maximum atomic E-state index is 12.6. The zero-order chi connectivity index (χ0) is 15.6. The molecule has 0 aromatic carbocycles. The second-order valence-electron chi connectivity index (χ2n) is 5.14. The third kappa shape index (κ3) is 3.29. The Hall–Kier alpha value is -1.51. The van der Waals surface area contributed by atoms with E-state index in [-0.39, 0.29) is 6.10 Å². The number of hydrogen-bond donors (Lipinski definition) is 0. The van der Waals surface area contributed by atoms with Gasteiger partial charge in [-0.25, -0.2) is 18.4 Å². The van der Waals surface area contributed by atoms with E-state index in [1.807, 2.05) is 13.0 Å². The van der Waals surface area contributed by atoms with Crippen molar-refractivity contribution in [1.29, 1.82) is 0 Å². The minimum absolute atomic E-state index is 0.216. The van der Waals surface area contributed by atoms with Crippen LogP contribution in [0.2, 0.25) is 0 Å². The van der Waals surface area contributed by atoms with Crippen molar-refractivity contribution in [1.82, 2.24) is 14.3 Å². The van der Waals surface area contributed by atoms with Crippen LogP contribution in [0.25, 0.3) is 0 Å². The first-order chi connectivity index (χ1) is 10.6. The molecule has 0 radical (unpaired) electrons. The first-order valence-corrected chi connectivity index (χ1v) is 9.31. The SMILES string of the molecule is Cc1ccc(S(=O)(=O)N2CCC[C@@H](Oc3ncccn3)C2)s1. The zero-order valence-corrected chi connectivity index (χ0v) is 13.8. The zero-order valence-electron chi connectivity index (χ0n) is 12.2. The minimum Gasteiger partial charge on any atom is -0.459 e. The first kappa shape index (κ1) is 15.4. The van der Waals surface area contributed by atoms with E-state index in [1.165, 1.54) is 15.6 Å². The van der Waals surface area contributed by atoms with Gasteiger partial charge in [-0.05, 0) is 38.0 Å². The van der Waals surface area contributed by atoms with E-state index in [1.54, 1.807) is 24.5 Å². The van der Waals surface area contributed by atoms with Gasteiger partial charge in [0, 0.05) is 23.8 Å². The molecule has 8 heteroatoms. The molecule has 1 fully saturated rings. The molecular weight excluding hydrogens is 322 g/mol. The molecular formula is C14H17N3O3S2. The summed E-state index contributed by atoms with van der Waals surface area (Å²) in [4.78, 5) is 9.03. The average molecular weight is 339 g/mol. The van der Waals surface area contributed by atoms with Crippen molar-refractivity contribution < 1.29 is 13.2 Å². The molecule has 1 aliphatic heterocycles. The number of piperidine rings is 1. The van der Waals surface area contributed by atoms with Crippen LogP contribution >= 0.6 is 11.3 Å². The summed E-state index contributed by atoms with van der Waals surface area (Å²) >= 11 is 1.30. The molecule has 0 amide bonds.